The number of rotatable bonds is 5. The van der Waals surface area contributed by atoms with Crippen LogP contribution in [0, 0.1) is 5.92 Å². The van der Waals surface area contributed by atoms with Crippen LogP contribution in [0.25, 0.3) is 10.9 Å². The number of methoxy groups -OCH3 is 1. The Kier molecular flexibility index (Phi) is 6.10. The van der Waals surface area contributed by atoms with Gasteiger partial charge in [-0.15, -0.1) is 0 Å². The molecule has 2 aromatic rings. The Bertz CT molecular complexity index is 895. The number of aromatic nitrogens is 1. The molecule has 2 aliphatic rings. The third kappa shape index (κ3) is 3.96. The van der Waals surface area contributed by atoms with Crippen molar-refractivity contribution in [3.05, 3.63) is 30.0 Å². The molecule has 5 heteroatoms. The number of carbonyl (C=O) groups is 1. The molecule has 2 heterocycles. The highest BCUT2D eigenvalue weighted by atomic mass is 16.5. The number of hydrogen-bond acceptors (Lipinski definition) is 3. The first kappa shape index (κ1) is 21.2. The molecule has 5 nitrogen and oxygen atoms in total. The van der Waals surface area contributed by atoms with Crippen LogP contribution in [-0.2, 0) is 6.54 Å². The van der Waals surface area contributed by atoms with Gasteiger partial charge in [0.1, 0.15) is 11.4 Å². The highest BCUT2D eigenvalue weighted by Crippen LogP contribution is 2.33. The van der Waals surface area contributed by atoms with E-state index in [1.54, 1.807) is 7.11 Å². The lowest BCUT2D eigenvalue weighted by Crippen LogP contribution is -2.60. The van der Waals surface area contributed by atoms with Gasteiger partial charge in [0.05, 0.1) is 12.6 Å². The Morgan fingerprint density at radius 1 is 1.17 bits per heavy atom. The van der Waals surface area contributed by atoms with E-state index in [0.29, 0.717) is 5.92 Å². The molecule has 1 aromatic carbocycles. The first-order valence-corrected chi connectivity index (χ1v) is 11.6. The molecule has 0 unspecified atom stereocenters. The summed E-state index contributed by atoms with van der Waals surface area (Å²) in [6.07, 6.45) is 6.46. The van der Waals surface area contributed by atoms with E-state index < -0.39 is 0 Å². The summed E-state index contributed by atoms with van der Waals surface area (Å²) in [6.45, 7) is 11.1. The van der Waals surface area contributed by atoms with E-state index in [1.165, 1.54) is 32.1 Å². The topological polar surface area (TPSA) is 37.7 Å². The third-order valence-electron chi connectivity index (χ3n) is 7.23. The van der Waals surface area contributed by atoms with Crippen molar-refractivity contribution >= 4 is 16.8 Å². The smallest absolute Gasteiger partial charge is 0.270 e. The number of fused-ring (bicyclic) bond motifs is 1. The molecule has 1 aliphatic heterocycles. The van der Waals surface area contributed by atoms with E-state index in [-0.39, 0.29) is 11.4 Å². The fourth-order valence-corrected chi connectivity index (χ4v) is 5.56. The van der Waals surface area contributed by atoms with E-state index in [0.717, 1.165) is 55.1 Å². The normalized spacial score (nSPS) is 20.6. The van der Waals surface area contributed by atoms with Gasteiger partial charge in [-0.3, -0.25) is 9.69 Å². The predicted octanol–water partition coefficient (Wildman–Crippen LogP) is 4.79. The molecule has 1 aromatic heterocycles. The number of ether oxygens (including phenoxy) is 1. The lowest BCUT2D eigenvalue weighted by molar-refractivity contribution is 0.0203. The molecule has 1 amide bonds. The van der Waals surface area contributed by atoms with Crippen LogP contribution in [0.4, 0.5) is 0 Å². The van der Waals surface area contributed by atoms with Crippen molar-refractivity contribution < 1.29 is 9.53 Å². The van der Waals surface area contributed by atoms with Crippen molar-refractivity contribution in [1.82, 2.24) is 14.4 Å². The minimum absolute atomic E-state index is 0.000561. The number of hydrogen-bond donors (Lipinski definition) is 0. The summed E-state index contributed by atoms with van der Waals surface area (Å²) < 4.78 is 7.97. The van der Waals surface area contributed by atoms with Crippen molar-refractivity contribution in [3.8, 4) is 5.75 Å². The molecule has 0 N–H and O–H groups in total. The van der Waals surface area contributed by atoms with Crippen LogP contribution in [0.15, 0.2) is 24.3 Å². The average Bonchev–Trinajstić information content (AvgIpc) is 3.11. The van der Waals surface area contributed by atoms with Gasteiger partial charge in [0.15, 0.2) is 0 Å². The molecule has 1 aliphatic carbocycles. The number of amides is 1. The van der Waals surface area contributed by atoms with Gasteiger partial charge in [0.2, 0.25) is 0 Å². The first-order valence-electron chi connectivity index (χ1n) is 11.6. The standard InChI is InChI=1S/C25H37N3O2/c1-5-27-15-14-26(18-25(27,2)3)24(29)21-16-20-12-9-13-22(30-4)23(20)28(21)17-19-10-7-6-8-11-19/h9,12-13,16,19H,5-8,10-11,14-15,17-18H2,1-4H3. The predicted molar refractivity (Wildman–Crippen MR) is 122 cm³/mol. The maximum Gasteiger partial charge on any atom is 0.270 e. The van der Waals surface area contributed by atoms with Gasteiger partial charge in [-0.2, -0.15) is 0 Å². The van der Waals surface area contributed by atoms with E-state index in [2.05, 4.69) is 47.3 Å². The molecule has 30 heavy (non-hydrogen) atoms. The zero-order valence-electron chi connectivity index (χ0n) is 19.1. The number of para-hydroxylation sites is 1. The average molecular weight is 412 g/mol. The van der Waals surface area contributed by atoms with E-state index in [4.69, 9.17) is 4.74 Å². The molecule has 1 saturated heterocycles. The second kappa shape index (κ2) is 8.62. The van der Waals surface area contributed by atoms with Crippen molar-refractivity contribution in [2.45, 2.75) is 65.0 Å². The number of likely N-dealkylation sites (N-methyl/N-ethyl adjacent to an activating group) is 1. The van der Waals surface area contributed by atoms with Crippen molar-refractivity contribution in [2.24, 2.45) is 5.92 Å². The highest BCUT2D eigenvalue weighted by molar-refractivity contribution is 6.00. The Balaban J connectivity index is 1.70. The summed E-state index contributed by atoms with van der Waals surface area (Å²) in [5, 5.41) is 1.10. The zero-order chi connectivity index (χ0) is 21.3. The molecular formula is C25H37N3O2. The van der Waals surface area contributed by atoms with Gasteiger partial charge < -0.3 is 14.2 Å². The molecule has 0 atom stereocenters. The monoisotopic (exact) mass is 411 g/mol. The second-order valence-corrected chi connectivity index (χ2v) is 9.66. The summed E-state index contributed by atoms with van der Waals surface area (Å²) in [5.41, 5.74) is 1.89. The number of benzene rings is 1. The molecule has 164 valence electrons. The largest absolute Gasteiger partial charge is 0.495 e. The van der Waals surface area contributed by atoms with Gasteiger partial charge in [0.25, 0.3) is 5.91 Å². The molecular weight excluding hydrogens is 374 g/mol. The number of nitrogens with zero attached hydrogens (tertiary/aromatic N) is 3. The summed E-state index contributed by atoms with van der Waals surface area (Å²) >= 11 is 0. The van der Waals surface area contributed by atoms with Gasteiger partial charge in [-0.25, -0.2) is 0 Å². The molecule has 0 spiro atoms. The van der Waals surface area contributed by atoms with E-state index >= 15 is 0 Å². The fraction of sp³-hybridized carbons (Fsp3) is 0.640. The van der Waals surface area contributed by atoms with E-state index in [9.17, 15) is 4.79 Å². The summed E-state index contributed by atoms with van der Waals surface area (Å²) in [5.74, 6) is 1.66. The molecule has 0 bridgehead atoms. The Labute approximate surface area is 181 Å². The van der Waals surface area contributed by atoms with Gasteiger partial charge in [0, 0.05) is 37.1 Å². The van der Waals surface area contributed by atoms with Crippen LogP contribution in [-0.4, -0.2) is 59.1 Å². The first-order chi connectivity index (χ1) is 14.4. The third-order valence-corrected chi connectivity index (χ3v) is 7.23. The Morgan fingerprint density at radius 3 is 2.60 bits per heavy atom. The Morgan fingerprint density at radius 2 is 1.93 bits per heavy atom. The van der Waals surface area contributed by atoms with Gasteiger partial charge in [-0.05, 0) is 51.3 Å². The lowest BCUT2D eigenvalue weighted by Gasteiger charge is -2.46. The maximum absolute atomic E-state index is 13.8. The maximum atomic E-state index is 13.8. The van der Waals surface area contributed by atoms with E-state index in [1.807, 2.05) is 12.1 Å². The number of piperazine rings is 1. The molecule has 2 fully saturated rings. The Hall–Kier alpha value is -2.01. The fourth-order valence-electron chi connectivity index (χ4n) is 5.56. The van der Waals surface area contributed by atoms with Crippen LogP contribution < -0.4 is 4.74 Å². The molecule has 1 saturated carbocycles. The van der Waals surface area contributed by atoms with Gasteiger partial charge >= 0.3 is 0 Å². The van der Waals surface area contributed by atoms with Gasteiger partial charge in [-0.1, -0.05) is 38.3 Å². The van der Waals surface area contributed by atoms with Crippen LogP contribution in [0.3, 0.4) is 0 Å². The van der Waals surface area contributed by atoms with Crippen molar-refractivity contribution in [2.75, 3.05) is 33.3 Å². The summed E-state index contributed by atoms with van der Waals surface area (Å²) in [7, 11) is 1.72. The zero-order valence-corrected chi connectivity index (χ0v) is 19.1. The minimum Gasteiger partial charge on any atom is -0.495 e. The molecule has 0 radical (unpaired) electrons. The molecule has 4 rings (SSSR count). The summed E-state index contributed by atoms with van der Waals surface area (Å²) in [4.78, 5) is 18.3. The quantitative estimate of drug-likeness (QED) is 0.710. The minimum atomic E-state index is 0.000561. The van der Waals surface area contributed by atoms with Crippen molar-refractivity contribution in [3.63, 3.8) is 0 Å². The SMILES string of the molecule is CCN1CCN(C(=O)c2cc3cccc(OC)c3n2CC2CCCCC2)CC1(C)C. The second-order valence-electron chi connectivity index (χ2n) is 9.66. The van der Waals surface area contributed by atoms with Crippen LogP contribution in [0.2, 0.25) is 0 Å². The number of carbonyl (C=O) groups excluding carboxylic acids is 1. The van der Waals surface area contributed by atoms with Crippen molar-refractivity contribution in [1.29, 1.82) is 0 Å². The highest BCUT2D eigenvalue weighted by Gasteiger charge is 2.36. The van der Waals surface area contributed by atoms with Crippen LogP contribution in [0.1, 0.15) is 63.4 Å². The lowest BCUT2D eigenvalue weighted by atomic mass is 9.89. The van der Waals surface area contributed by atoms with Crippen LogP contribution in [0.5, 0.6) is 5.75 Å². The summed E-state index contributed by atoms with van der Waals surface area (Å²) in [6, 6.07) is 8.22. The van der Waals surface area contributed by atoms with Crippen LogP contribution >= 0.6 is 0 Å².